The summed E-state index contributed by atoms with van der Waals surface area (Å²) in [4.78, 5) is 31.0. The van der Waals surface area contributed by atoms with E-state index < -0.39 is 23.9 Å². The molecule has 2 aromatic rings. The molecule has 1 fully saturated rings. The number of alkyl halides is 3. The van der Waals surface area contributed by atoms with Crippen molar-refractivity contribution < 1.29 is 32.2 Å². The summed E-state index contributed by atoms with van der Waals surface area (Å²) < 4.78 is 49.3. The topological polar surface area (TPSA) is 72.0 Å². The van der Waals surface area contributed by atoms with E-state index in [1.165, 1.54) is 41.2 Å². The molecule has 0 radical (unpaired) electrons. The van der Waals surface area contributed by atoms with Crippen LogP contribution in [0.5, 0.6) is 0 Å². The van der Waals surface area contributed by atoms with Gasteiger partial charge in [0, 0.05) is 13.1 Å². The molecule has 7 nitrogen and oxygen atoms in total. The van der Waals surface area contributed by atoms with Gasteiger partial charge in [0.25, 0.3) is 0 Å². The summed E-state index contributed by atoms with van der Waals surface area (Å²) in [7, 11) is 1.26. The molecule has 0 atom stereocenters. The Bertz CT molecular complexity index is 897. The van der Waals surface area contributed by atoms with E-state index >= 15 is 0 Å². The number of anilines is 1. The van der Waals surface area contributed by atoms with Crippen LogP contribution in [0.2, 0.25) is 0 Å². The van der Waals surface area contributed by atoms with Crippen molar-refractivity contribution in [2.75, 3.05) is 38.3 Å². The second kappa shape index (κ2) is 9.12. The minimum atomic E-state index is -4.63. The van der Waals surface area contributed by atoms with E-state index in [1.54, 1.807) is 12.1 Å². The van der Waals surface area contributed by atoms with Crippen molar-refractivity contribution in [2.24, 2.45) is 0 Å². The normalized spacial score (nSPS) is 14.3. The summed E-state index contributed by atoms with van der Waals surface area (Å²) in [6.07, 6.45) is -4.63. The molecule has 3 rings (SSSR count). The number of ether oxygens (including phenoxy) is 2. The summed E-state index contributed by atoms with van der Waals surface area (Å²) in [6.45, 7) is 1.34. The molecule has 1 saturated heterocycles. The number of halogens is 3. The van der Waals surface area contributed by atoms with Crippen LogP contribution in [0.3, 0.4) is 0 Å². The molecular weight excluding hydrogens is 403 g/mol. The number of pyridine rings is 1. The number of benzene rings is 1. The van der Waals surface area contributed by atoms with Crippen molar-refractivity contribution in [3.63, 3.8) is 0 Å². The average Bonchev–Trinajstić information content (AvgIpc) is 2.77. The van der Waals surface area contributed by atoms with E-state index in [2.05, 4.69) is 9.72 Å². The molecule has 0 spiro atoms. The van der Waals surface area contributed by atoms with Gasteiger partial charge in [-0.05, 0) is 29.8 Å². The minimum absolute atomic E-state index is 0.0219. The largest absolute Gasteiger partial charge is 0.465 e. The first-order valence-corrected chi connectivity index (χ1v) is 9.15. The fourth-order valence-corrected chi connectivity index (χ4v) is 2.95. The summed E-state index contributed by atoms with van der Waals surface area (Å²) in [5.74, 6) is -0.624. The fraction of sp³-hybridized carbons (Fsp3) is 0.350. The zero-order valence-electron chi connectivity index (χ0n) is 16.2. The van der Waals surface area contributed by atoms with E-state index in [0.717, 1.165) is 6.07 Å². The van der Waals surface area contributed by atoms with Crippen LogP contribution in [0.25, 0.3) is 0 Å². The number of carbonyl (C=O) groups is 2. The highest BCUT2D eigenvalue weighted by atomic mass is 19.4. The number of esters is 1. The van der Waals surface area contributed by atoms with Crippen LogP contribution in [0.4, 0.5) is 23.8 Å². The lowest BCUT2D eigenvalue weighted by molar-refractivity contribution is -0.141. The number of hydrogen-bond donors (Lipinski definition) is 0. The second-order valence-electron chi connectivity index (χ2n) is 6.54. The van der Waals surface area contributed by atoms with Crippen LogP contribution >= 0.6 is 0 Å². The van der Waals surface area contributed by atoms with E-state index in [1.807, 2.05) is 0 Å². The number of nitrogens with zero attached hydrogens (tertiary/aromatic N) is 3. The van der Waals surface area contributed by atoms with Crippen LogP contribution < -0.4 is 4.90 Å². The zero-order valence-corrected chi connectivity index (χ0v) is 16.2. The first-order valence-electron chi connectivity index (χ1n) is 9.15. The quantitative estimate of drug-likeness (QED) is 0.706. The molecule has 0 aliphatic carbocycles. The molecule has 160 valence electrons. The van der Waals surface area contributed by atoms with Gasteiger partial charge in [0.2, 0.25) is 0 Å². The molecule has 0 saturated carbocycles. The lowest BCUT2D eigenvalue weighted by Gasteiger charge is -2.32. The Balaban J connectivity index is 1.91. The number of rotatable bonds is 4. The van der Waals surface area contributed by atoms with E-state index in [4.69, 9.17) is 4.74 Å². The average molecular weight is 423 g/mol. The third kappa shape index (κ3) is 5.07. The first-order chi connectivity index (χ1) is 14.3. The Hall–Kier alpha value is -3.14. The number of carbonyl (C=O) groups excluding carboxylic acids is 2. The van der Waals surface area contributed by atoms with Crippen LogP contribution in [-0.2, 0) is 22.2 Å². The predicted molar refractivity (Wildman–Crippen MR) is 101 cm³/mol. The predicted octanol–water partition coefficient (Wildman–Crippen LogP) is 3.35. The van der Waals surface area contributed by atoms with Crippen molar-refractivity contribution in [1.29, 1.82) is 0 Å². The smallest absolute Gasteiger partial charge is 0.433 e. The van der Waals surface area contributed by atoms with Crippen molar-refractivity contribution in [3.05, 3.63) is 59.3 Å². The van der Waals surface area contributed by atoms with Crippen LogP contribution in [0.15, 0.2) is 42.5 Å². The zero-order chi connectivity index (χ0) is 21.7. The highest BCUT2D eigenvalue weighted by Crippen LogP contribution is 2.29. The monoisotopic (exact) mass is 423 g/mol. The molecule has 0 bridgehead atoms. The lowest BCUT2D eigenvalue weighted by Crippen LogP contribution is -2.48. The molecule has 0 N–H and O–H groups in total. The highest BCUT2D eigenvalue weighted by molar-refractivity contribution is 5.91. The lowest BCUT2D eigenvalue weighted by atomic mass is 10.1. The number of urea groups is 1. The Kier molecular flexibility index (Phi) is 6.56. The molecule has 0 unspecified atom stereocenters. The Labute approximate surface area is 171 Å². The molecule has 2 amide bonds. The molecule has 10 heteroatoms. The second-order valence-corrected chi connectivity index (χ2v) is 6.54. The van der Waals surface area contributed by atoms with Gasteiger partial charge >= 0.3 is 18.2 Å². The molecular formula is C20H20F3N3O4. The third-order valence-corrected chi connectivity index (χ3v) is 4.53. The third-order valence-electron chi connectivity index (χ3n) is 4.53. The van der Waals surface area contributed by atoms with E-state index in [0.29, 0.717) is 37.4 Å². The Morgan fingerprint density at radius 2 is 1.80 bits per heavy atom. The highest BCUT2D eigenvalue weighted by Gasteiger charge is 2.34. The summed E-state index contributed by atoms with van der Waals surface area (Å²) in [6, 6.07) is 9.23. The maximum Gasteiger partial charge on any atom is 0.433 e. The molecule has 1 aromatic heterocycles. The maximum absolute atomic E-state index is 13.1. The fourth-order valence-electron chi connectivity index (χ4n) is 2.95. The molecule has 30 heavy (non-hydrogen) atoms. The summed E-state index contributed by atoms with van der Waals surface area (Å²) >= 11 is 0. The summed E-state index contributed by atoms with van der Waals surface area (Å²) in [5.41, 5.74) is -0.145. The van der Waals surface area contributed by atoms with Gasteiger partial charge in [0.15, 0.2) is 0 Å². The molecule has 1 aliphatic rings. The van der Waals surface area contributed by atoms with Gasteiger partial charge in [-0.15, -0.1) is 0 Å². The number of morpholine rings is 1. The van der Waals surface area contributed by atoms with E-state index in [9.17, 15) is 22.8 Å². The molecule has 1 aromatic carbocycles. The van der Waals surface area contributed by atoms with Crippen LogP contribution in [-0.4, -0.2) is 55.3 Å². The maximum atomic E-state index is 13.1. The van der Waals surface area contributed by atoms with Gasteiger partial charge in [-0.2, -0.15) is 13.2 Å². The van der Waals surface area contributed by atoms with Crippen LogP contribution in [0, 0.1) is 0 Å². The van der Waals surface area contributed by atoms with Gasteiger partial charge in [-0.3, -0.25) is 4.90 Å². The number of methoxy groups -OCH3 is 1. The minimum Gasteiger partial charge on any atom is -0.465 e. The Morgan fingerprint density at radius 1 is 1.13 bits per heavy atom. The van der Waals surface area contributed by atoms with Crippen molar-refractivity contribution in [2.45, 2.75) is 12.7 Å². The van der Waals surface area contributed by atoms with Crippen molar-refractivity contribution >= 4 is 17.8 Å². The van der Waals surface area contributed by atoms with Crippen molar-refractivity contribution in [1.82, 2.24) is 9.88 Å². The van der Waals surface area contributed by atoms with Gasteiger partial charge < -0.3 is 14.4 Å². The van der Waals surface area contributed by atoms with Gasteiger partial charge in [-0.25, -0.2) is 14.6 Å². The standard InChI is InChI=1S/C20H20F3N3O4/c1-29-18(27)15-7-5-14(6-8-15)13-26(19(28)25-9-11-30-12-10-25)17-4-2-3-16(24-17)20(21,22)23/h2-8H,9-13H2,1H3. The Morgan fingerprint density at radius 3 is 2.40 bits per heavy atom. The number of amides is 2. The number of aromatic nitrogens is 1. The van der Waals surface area contributed by atoms with E-state index in [-0.39, 0.29) is 12.4 Å². The van der Waals surface area contributed by atoms with Gasteiger partial charge in [0.1, 0.15) is 11.5 Å². The SMILES string of the molecule is COC(=O)c1ccc(CN(C(=O)N2CCOCC2)c2cccc(C(F)(F)F)n2)cc1. The molecule has 1 aliphatic heterocycles. The number of hydrogen-bond acceptors (Lipinski definition) is 5. The van der Waals surface area contributed by atoms with Gasteiger partial charge in [0.05, 0.1) is 32.4 Å². The summed E-state index contributed by atoms with van der Waals surface area (Å²) in [5, 5.41) is 0. The first kappa shape index (κ1) is 21.6. The van der Waals surface area contributed by atoms with Crippen LogP contribution in [0.1, 0.15) is 21.6 Å². The molecule has 2 heterocycles. The van der Waals surface area contributed by atoms with Crippen molar-refractivity contribution in [3.8, 4) is 0 Å². The van der Waals surface area contributed by atoms with Gasteiger partial charge in [-0.1, -0.05) is 18.2 Å².